The lowest BCUT2D eigenvalue weighted by molar-refractivity contribution is -0.113. The molecule has 1 N–H and O–H groups in total. The molecule has 3 rings (SSSR count). The Balaban J connectivity index is 1.68. The van der Waals surface area contributed by atoms with Gasteiger partial charge in [-0.05, 0) is 50.2 Å². The standard InChI is InChI=1S/C18H17FN4OS/c1-12-3-9-16(10-4-12)23-13(2)21-22-18(23)25-11-17(24)20-15-7-5-14(19)6-8-15/h3-10H,11H2,1-2H3,(H,20,24). The normalized spacial score (nSPS) is 10.7. The van der Waals surface area contributed by atoms with Crippen LogP contribution in [-0.4, -0.2) is 26.4 Å². The average Bonchev–Trinajstić information content (AvgIpc) is 2.97. The molecule has 0 atom stereocenters. The zero-order valence-corrected chi connectivity index (χ0v) is 14.7. The second-order valence-electron chi connectivity index (χ2n) is 5.54. The zero-order valence-electron chi connectivity index (χ0n) is 13.9. The van der Waals surface area contributed by atoms with Crippen LogP contribution in [-0.2, 0) is 4.79 Å². The van der Waals surface area contributed by atoms with Crippen molar-refractivity contribution in [3.63, 3.8) is 0 Å². The molecule has 0 unspecified atom stereocenters. The molecule has 0 aliphatic heterocycles. The number of carbonyl (C=O) groups excluding carboxylic acids is 1. The van der Waals surface area contributed by atoms with Crippen LogP contribution in [0.5, 0.6) is 0 Å². The smallest absolute Gasteiger partial charge is 0.234 e. The molecular formula is C18H17FN4OS. The summed E-state index contributed by atoms with van der Waals surface area (Å²) in [6.45, 7) is 3.90. The van der Waals surface area contributed by atoms with Gasteiger partial charge in [-0.1, -0.05) is 29.5 Å². The van der Waals surface area contributed by atoms with E-state index >= 15 is 0 Å². The lowest BCUT2D eigenvalue weighted by Gasteiger charge is -2.09. The number of nitrogens with one attached hydrogen (secondary N) is 1. The number of carbonyl (C=O) groups is 1. The molecule has 0 radical (unpaired) electrons. The molecule has 0 aliphatic carbocycles. The first kappa shape index (κ1) is 17.2. The molecule has 0 saturated heterocycles. The number of benzene rings is 2. The monoisotopic (exact) mass is 356 g/mol. The summed E-state index contributed by atoms with van der Waals surface area (Å²) in [7, 11) is 0. The van der Waals surface area contributed by atoms with E-state index in [4.69, 9.17) is 0 Å². The van der Waals surface area contributed by atoms with Gasteiger partial charge in [0.05, 0.1) is 5.75 Å². The summed E-state index contributed by atoms with van der Waals surface area (Å²) in [5, 5.41) is 11.6. The number of thioether (sulfide) groups is 1. The maximum Gasteiger partial charge on any atom is 0.234 e. The van der Waals surface area contributed by atoms with Gasteiger partial charge in [0.25, 0.3) is 0 Å². The van der Waals surface area contributed by atoms with Crippen molar-refractivity contribution in [2.24, 2.45) is 0 Å². The molecule has 7 heteroatoms. The van der Waals surface area contributed by atoms with Crippen molar-refractivity contribution in [3.05, 3.63) is 65.7 Å². The van der Waals surface area contributed by atoms with Crippen LogP contribution in [0.1, 0.15) is 11.4 Å². The molecule has 1 heterocycles. The van der Waals surface area contributed by atoms with Crippen molar-refractivity contribution in [1.82, 2.24) is 14.8 Å². The van der Waals surface area contributed by atoms with Crippen molar-refractivity contribution in [2.75, 3.05) is 11.1 Å². The second-order valence-corrected chi connectivity index (χ2v) is 6.49. The van der Waals surface area contributed by atoms with Gasteiger partial charge in [-0.25, -0.2) is 4.39 Å². The molecule has 3 aromatic rings. The average molecular weight is 356 g/mol. The van der Waals surface area contributed by atoms with E-state index in [1.807, 2.05) is 42.7 Å². The Morgan fingerprint density at radius 3 is 2.44 bits per heavy atom. The minimum absolute atomic E-state index is 0.182. The van der Waals surface area contributed by atoms with Crippen LogP contribution < -0.4 is 5.32 Å². The van der Waals surface area contributed by atoms with Gasteiger partial charge in [0.15, 0.2) is 5.16 Å². The number of halogens is 1. The summed E-state index contributed by atoms with van der Waals surface area (Å²) in [6, 6.07) is 13.7. The van der Waals surface area contributed by atoms with Crippen LogP contribution >= 0.6 is 11.8 Å². The Kier molecular flexibility index (Phi) is 5.14. The number of nitrogens with zero attached hydrogens (tertiary/aromatic N) is 3. The topological polar surface area (TPSA) is 59.8 Å². The maximum absolute atomic E-state index is 12.9. The lowest BCUT2D eigenvalue weighted by atomic mass is 10.2. The van der Waals surface area contributed by atoms with Gasteiger partial charge < -0.3 is 5.32 Å². The number of amides is 1. The maximum atomic E-state index is 12.9. The summed E-state index contributed by atoms with van der Waals surface area (Å²) in [6.07, 6.45) is 0. The van der Waals surface area contributed by atoms with E-state index in [2.05, 4.69) is 15.5 Å². The molecule has 0 fully saturated rings. The molecule has 0 spiro atoms. The van der Waals surface area contributed by atoms with Gasteiger partial charge in [0.1, 0.15) is 11.6 Å². The van der Waals surface area contributed by atoms with Gasteiger partial charge in [0.2, 0.25) is 5.91 Å². The van der Waals surface area contributed by atoms with Gasteiger partial charge in [-0.15, -0.1) is 10.2 Å². The van der Waals surface area contributed by atoms with E-state index in [1.54, 1.807) is 0 Å². The molecular weight excluding hydrogens is 339 g/mol. The van der Waals surface area contributed by atoms with E-state index < -0.39 is 0 Å². The van der Waals surface area contributed by atoms with Crippen LogP contribution in [0.25, 0.3) is 5.69 Å². The molecule has 0 saturated carbocycles. The number of anilines is 1. The number of aromatic nitrogens is 3. The quantitative estimate of drug-likeness (QED) is 0.707. The van der Waals surface area contributed by atoms with Crippen molar-refractivity contribution < 1.29 is 9.18 Å². The largest absolute Gasteiger partial charge is 0.325 e. The third-order valence-corrected chi connectivity index (χ3v) is 4.48. The first-order chi connectivity index (χ1) is 12.0. The van der Waals surface area contributed by atoms with Gasteiger partial charge >= 0.3 is 0 Å². The Morgan fingerprint density at radius 1 is 1.08 bits per heavy atom. The van der Waals surface area contributed by atoms with Gasteiger partial charge in [-0.3, -0.25) is 9.36 Å². The Bertz CT molecular complexity index is 875. The fraction of sp³-hybridized carbons (Fsp3) is 0.167. The van der Waals surface area contributed by atoms with Gasteiger partial charge in [-0.2, -0.15) is 0 Å². The molecule has 0 bridgehead atoms. The fourth-order valence-corrected chi connectivity index (χ4v) is 3.09. The number of hydrogen-bond donors (Lipinski definition) is 1. The van der Waals surface area contributed by atoms with Crippen LogP contribution in [0.15, 0.2) is 53.7 Å². The highest BCUT2D eigenvalue weighted by Gasteiger charge is 2.13. The highest BCUT2D eigenvalue weighted by molar-refractivity contribution is 7.99. The summed E-state index contributed by atoms with van der Waals surface area (Å²) < 4.78 is 14.8. The summed E-state index contributed by atoms with van der Waals surface area (Å²) in [4.78, 5) is 12.1. The number of hydrogen-bond acceptors (Lipinski definition) is 4. The number of aryl methyl sites for hydroxylation is 2. The van der Waals surface area contributed by atoms with E-state index in [0.717, 1.165) is 11.5 Å². The summed E-state index contributed by atoms with van der Waals surface area (Å²) in [5.74, 6) is 0.411. The molecule has 0 aliphatic rings. The van der Waals surface area contributed by atoms with Crippen molar-refractivity contribution in [1.29, 1.82) is 0 Å². The van der Waals surface area contributed by atoms with Gasteiger partial charge in [0, 0.05) is 11.4 Å². The molecule has 128 valence electrons. The Labute approximate surface area is 149 Å². The predicted molar refractivity (Wildman–Crippen MR) is 96.6 cm³/mol. The minimum atomic E-state index is -0.339. The first-order valence-corrected chi connectivity index (χ1v) is 8.69. The molecule has 25 heavy (non-hydrogen) atoms. The van der Waals surface area contributed by atoms with Crippen LogP contribution in [0.3, 0.4) is 0 Å². The predicted octanol–water partition coefficient (Wildman–Crippen LogP) is 3.75. The SMILES string of the molecule is Cc1ccc(-n2c(C)nnc2SCC(=O)Nc2ccc(F)cc2)cc1. The highest BCUT2D eigenvalue weighted by Crippen LogP contribution is 2.22. The Hall–Kier alpha value is -2.67. The third kappa shape index (κ3) is 4.24. The first-order valence-electron chi connectivity index (χ1n) is 7.70. The van der Waals surface area contributed by atoms with E-state index in [1.165, 1.54) is 41.6 Å². The molecule has 5 nitrogen and oxygen atoms in total. The lowest BCUT2D eigenvalue weighted by Crippen LogP contribution is -2.14. The van der Waals surface area contributed by atoms with Crippen molar-refractivity contribution >= 4 is 23.4 Å². The zero-order chi connectivity index (χ0) is 17.8. The van der Waals surface area contributed by atoms with Crippen LogP contribution in [0, 0.1) is 19.7 Å². The second kappa shape index (κ2) is 7.48. The van der Waals surface area contributed by atoms with E-state index in [-0.39, 0.29) is 17.5 Å². The van der Waals surface area contributed by atoms with Crippen molar-refractivity contribution in [3.8, 4) is 5.69 Å². The Morgan fingerprint density at radius 2 is 1.76 bits per heavy atom. The van der Waals surface area contributed by atoms with Crippen molar-refractivity contribution in [2.45, 2.75) is 19.0 Å². The summed E-state index contributed by atoms with van der Waals surface area (Å²) >= 11 is 1.30. The van der Waals surface area contributed by atoms with E-state index in [9.17, 15) is 9.18 Å². The molecule has 1 aromatic heterocycles. The van der Waals surface area contributed by atoms with Crippen LogP contribution in [0.2, 0.25) is 0 Å². The molecule has 2 aromatic carbocycles. The summed E-state index contributed by atoms with van der Waals surface area (Å²) in [5.41, 5.74) is 2.68. The fourth-order valence-electron chi connectivity index (χ4n) is 2.29. The minimum Gasteiger partial charge on any atom is -0.325 e. The highest BCUT2D eigenvalue weighted by atomic mass is 32.2. The third-order valence-electron chi connectivity index (χ3n) is 3.55. The number of rotatable bonds is 5. The van der Waals surface area contributed by atoms with Crippen LogP contribution in [0.4, 0.5) is 10.1 Å². The molecule has 1 amide bonds. The van der Waals surface area contributed by atoms with E-state index in [0.29, 0.717) is 10.8 Å².